The predicted molar refractivity (Wildman–Crippen MR) is 85.6 cm³/mol. The van der Waals surface area contributed by atoms with Gasteiger partial charge in [-0.25, -0.2) is 0 Å². The Bertz CT molecular complexity index is 384. The highest BCUT2D eigenvalue weighted by Gasteiger charge is 2.20. The Balaban J connectivity index is 0.00000180. The van der Waals surface area contributed by atoms with Crippen LogP contribution in [0.2, 0.25) is 5.02 Å². The van der Waals surface area contributed by atoms with Gasteiger partial charge in [-0.3, -0.25) is 0 Å². The van der Waals surface area contributed by atoms with Crippen molar-refractivity contribution >= 4 is 24.0 Å². The van der Waals surface area contributed by atoms with Crippen LogP contribution in [0.5, 0.6) is 0 Å². The highest BCUT2D eigenvalue weighted by atomic mass is 35.5. The molecule has 0 spiro atoms. The minimum absolute atomic E-state index is 0. The molecule has 1 fully saturated rings. The highest BCUT2D eigenvalue weighted by Crippen LogP contribution is 2.21. The van der Waals surface area contributed by atoms with Gasteiger partial charge >= 0.3 is 0 Å². The first-order valence-corrected chi connectivity index (χ1v) is 7.22. The van der Waals surface area contributed by atoms with Crippen LogP contribution in [0.3, 0.4) is 0 Å². The van der Waals surface area contributed by atoms with Crippen LogP contribution < -0.4 is 5.32 Å². The van der Waals surface area contributed by atoms with Gasteiger partial charge in [0.1, 0.15) is 0 Å². The van der Waals surface area contributed by atoms with Crippen molar-refractivity contribution < 1.29 is 0 Å². The number of hydrogen-bond donors (Lipinski definition) is 1. The van der Waals surface area contributed by atoms with E-state index < -0.39 is 0 Å². The molecule has 1 aliphatic rings. The van der Waals surface area contributed by atoms with Gasteiger partial charge in [-0.05, 0) is 50.0 Å². The fourth-order valence-corrected chi connectivity index (χ4v) is 2.96. The van der Waals surface area contributed by atoms with Crippen LogP contribution in [0.25, 0.3) is 0 Å². The quantitative estimate of drug-likeness (QED) is 0.915. The lowest BCUT2D eigenvalue weighted by Crippen LogP contribution is -2.45. The van der Waals surface area contributed by atoms with Gasteiger partial charge in [0.15, 0.2) is 0 Å². The first-order chi connectivity index (χ1) is 8.69. The molecule has 1 aromatic carbocycles. The molecule has 1 heterocycles. The summed E-state index contributed by atoms with van der Waals surface area (Å²) in [5.74, 6) is 0.541. The maximum Gasteiger partial charge on any atom is 0.0408 e. The third-order valence-corrected chi connectivity index (χ3v) is 4.10. The summed E-state index contributed by atoms with van der Waals surface area (Å²) in [6, 6.07) is 8.91. The summed E-state index contributed by atoms with van der Waals surface area (Å²) >= 11 is 6.05. The van der Waals surface area contributed by atoms with Crippen molar-refractivity contribution in [2.24, 2.45) is 0 Å². The summed E-state index contributed by atoms with van der Waals surface area (Å²) in [4.78, 5) is 2.57. The Morgan fingerprint density at radius 3 is 2.95 bits per heavy atom. The molecule has 0 radical (unpaired) electrons. The average molecular weight is 303 g/mol. The number of nitrogens with zero attached hydrogens (tertiary/aromatic N) is 1. The van der Waals surface area contributed by atoms with Crippen molar-refractivity contribution in [3.8, 4) is 0 Å². The average Bonchev–Trinajstić information content (AvgIpc) is 2.39. The zero-order valence-electron chi connectivity index (χ0n) is 11.7. The molecule has 2 rings (SSSR count). The summed E-state index contributed by atoms with van der Waals surface area (Å²) in [5, 5.41) is 4.23. The Hall–Kier alpha value is -0.280. The van der Waals surface area contributed by atoms with Crippen LogP contribution in [0.4, 0.5) is 0 Å². The number of rotatable bonds is 4. The fraction of sp³-hybridized carbons (Fsp3) is 0.600. The number of nitrogens with one attached hydrogen (secondary N) is 1. The molecule has 0 aliphatic carbocycles. The Kier molecular flexibility index (Phi) is 7.16. The zero-order valence-corrected chi connectivity index (χ0v) is 13.3. The molecule has 2 nitrogen and oxygen atoms in total. The van der Waals surface area contributed by atoms with Gasteiger partial charge in [0.2, 0.25) is 0 Å². The Labute approximate surface area is 127 Å². The maximum atomic E-state index is 6.05. The van der Waals surface area contributed by atoms with Gasteiger partial charge in [0, 0.05) is 24.2 Å². The lowest BCUT2D eigenvalue weighted by Gasteiger charge is -2.34. The van der Waals surface area contributed by atoms with Crippen molar-refractivity contribution in [1.29, 1.82) is 0 Å². The van der Waals surface area contributed by atoms with E-state index in [0.29, 0.717) is 12.0 Å². The lowest BCUT2D eigenvalue weighted by molar-refractivity contribution is 0.187. The number of benzene rings is 1. The Morgan fingerprint density at radius 2 is 2.26 bits per heavy atom. The SMILES string of the molecule is CNC1CCCN(CC(C)c2cccc(Cl)c2)C1.Cl. The smallest absolute Gasteiger partial charge is 0.0408 e. The predicted octanol–water partition coefficient (Wildman–Crippen LogP) is 3.55. The molecule has 0 bridgehead atoms. The van der Waals surface area contributed by atoms with E-state index in [1.54, 1.807) is 0 Å². The van der Waals surface area contributed by atoms with Crippen LogP contribution in [0.1, 0.15) is 31.2 Å². The summed E-state index contributed by atoms with van der Waals surface area (Å²) in [6.45, 7) is 5.80. The summed E-state index contributed by atoms with van der Waals surface area (Å²) in [6.07, 6.45) is 2.60. The van der Waals surface area contributed by atoms with Gasteiger partial charge in [0.05, 0.1) is 0 Å². The number of likely N-dealkylation sites (tertiary alicyclic amines) is 1. The van der Waals surface area contributed by atoms with Crippen molar-refractivity contribution in [3.05, 3.63) is 34.9 Å². The van der Waals surface area contributed by atoms with Crippen molar-refractivity contribution in [3.63, 3.8) is 0 Å². The van der Waals surface area contributed by atoms with E-state index in [1.807, 2.05) is 12.1 Å². The van der Waals surface area contributed by atoms with E-state index in [9.17, 15) is 0 Å². The molecule has 1 saturated heterocycles. The summed E-state index contributed by atoms with van der Waals surface area (Å²) < 4.78 is 0. The fourth-order valence-electron chi connectivity index (χ4n) is 2.76. The number of hydrogen-bond acceptors (Lipinski definition) is 2. The summed E-state index contributed by atoms with van der Waals surface area (Å²) in [5.41, 5.74) is 1.34. The van der Waals surface area contributed by atoms with Crippen LogP contribution >= 0.6 is 24.0 Å². The first kappa shape index (κ1) is 16.8. The number of likely N-dealkylation sites (N-methyl/N-ethyl adjacent to an activating group) is 1. The van der Waals surface area contributed by atoms with E-state index in [4.69, 9.17) is 11.6 Å². The van der Waals surface area contributed by atoms with E-state index in [2.05, 4.69) is 36.3 Å². The second-order valence-corrected chi connectivity index (χ2v) is 5.78. The maximum absolute atomic E-state index is 6.05. The van der Waals surface area contributed by atoms with Gasteiger partial charge < -0.3 is 10.2 Å². The molecule has 0 saturated carbocycles. The molecule has 0 aromatic heterocycles. The second-order valence-electron chi connectivity index (χ2n) is 5.34. The largest absolute Gasteiger partial charge is 0.316 e. The lowest BCUT2D eigenvalue weighted by atomic mass is 9.98. The molecule has 2 atom stereocenters. The van der Waals surface area contributed by atoms with Crippen LogP contribution in [0.15, 0.2) is 24.3 Å². The van der Waals surface area contributed by atoms with E-state index >= 15 is 0 Å². The van der Waals surface area contributed by atoms with Gasteiger partial charge in [-0.1, -0.05) is 30.7 Å². The molecule has 4 heteroatoms. The molecular formula is C15H24Cl2N2. The number of piperidine rings is 1. The topological polar surface area (TPSA) is 15.3 Å². The molecule has 2 unspecified atom stereocenters. The van der Waals surface area contributed by atoms with E-state index in [-0.39, 0.29) is 12.4 Å². The highest BCUT2D eigenvalue weighted by molar-refractivity contribution is 6.30. The standard InChI is InChI=1S/C15H23ClN2.ClH/c1-12(13-5-3-6-14(16)9-13)10-18-8-4-7-15(11-18)17-2;/h3,5-6,9,12,15,17H,4,7-8,10-11H2,1-2H3;1H. The summed E-state index contributed by atoms with van der Waals surface area (Å²) in [7, 11) is 2.06. The molecule has 1 aromatic rings. The van der Waals surface area contributed by atoms with Crippen LogP contribution in [-0.4, -0.2) is 37.6 Å². The van der Waals surface area contributed by atoms with Crippen molar-refractivity contribution in [2.45, 2.75) is 31.7 Å². The molecule has 1 N–H and O–H groups in total. The van der Waals surface area contributed by atoms with Gasteiger partial charge in [-0.2, -0.15) is 0 Å². The minimum atomic E-state index is 0. The first-order valence-electron chi connectivity index (χ1n) is 6.84. The monoisotopic (exact) mass is 302 g/mol. The Morgan fingerprint density at radius 1 is 1.47 bits per heavy atom. The van der Waals surface area contributed by atoms with Crippen LogP contribution in [-0.2, 0) is 0 Å². The van der Waals surface area contributed by atoms with E-state index in [0.717, 1.165) is 11.6 Å². The molecule has 1 aliphatic heterocycles. The van der Waals surface area contributed by atoms with E-state index in [1.165, 1.54) is 31.5 Å². The third kappa shape index (κ3) is 4.96. The normalized spacial score (nSPS) is 21.7. The number of halogens is 2. The van der Waals surface area contributed by atoms with Gasteiger partial charge in [0.25, 0.3) is 0 Å². The molecular weight excluding hydrogens is 279 g/mol. The molecule has 19 heavy (non-hydrogen) atoms. The molecule has 108 valence electrons. The third-order valence-electron chi connectivity index (χ3n) is 3.86. The molecule has 0 amide bonds. The van der Waals surface area contributed by atoms with Crippen molar-refractivity contribution in [1.82, 2.24) is 10.2 Å². The van der Waals surface area contributed by atoms with Crippen molar-refractivity contribution in [2.75, 3.05) is 26.7 Å². The van der Waals surface area contributed by atoms with Crippen LogP contribution in [0, 0.1) is 0 Å². The minimum Gasteiger partial charge on any atom is -0.316 e. The zero-order chi connectivity index (χ0) is 13.0. The van der Waals surface area contributed by atoms with Gasteiger partial charge in [-0.15, -0.1) is 12.4 Å². The second kappa shape index (κ2) is 8.11.